The summed E-state index contributed by atoms with van der Waals surface area (Å²) in [7, 11) is 0. The van der Waals surface area contributed by atoms with Gasteiger partial charge in [-0.15, -0.1) is 11.8 Å². The Balaban J connectivity index is -0.0000000267. The Bertz CT molecular complexity index is 47.8. The molecule has 0 N–H and O–H groups in total. The molecule has 0 rings (SSSR count). The number of rotatable bonds is 0. The molecule has 0 saturated carbocycles. The summed E-state index contributed by atoms with van der Waals surface area (Å²) in [6.07, 6.45) is 1.97. The van der Waals surface area contributed by atoms with Crippen molar-refractivity contribution in [2.45, 2.75) is 6.92 Å². The fourth-order valence-corrected chi connectivity index (χ4v) is 0. The molecule has 8 heavy (non-hydrogen) atoms. The monoisotopic (exact) mass is 226 g/mol. The largest absolute Gasteiger partial charge is 0.123 e. The number of thioether (sulfide) groups is 1. The maximum atomic E-state index is 4.66. The van der Waals surface area contributed by atoms with E-state index < -0.39 is 0 Å². The van der Waals surface area contributed by atoms with Gasteiger partial charge in [-0.3, -0.25) is 0 Å². The Morgan fingerprint density at radius 3 is 1.38 bits per heavy atom. The first-order valence-electron chi connectivity index (χ1n) is 1.32. The van der Waals surface area contributed by atoms with Crippen LogP contribution in [0, 0.1) is 113 Å². The van der Waals surface area contributed by atoms with Gasteiger partial charge in [-0.1, -0.05) is 12.2 Å². The van der Waals surface area contributed by atoms with E-state index in [9.17, 15) is 0 Å². The molecule has 0 heterocycles. The summed E-state index contributed by atoms with van der Waals surface area (Å²) < 4.78 is 1.00. The minimum absolute atomic E-state index is 0. The average Bonchev–Trinajstić information content (AvgIpc) is 1.38. The Hall–Kier alpha value is 4.22. The van der Waals surface area contributed by atoms with Crippen LogP contribution >= 0.6 is 24.0 Å². The molecule has 0 aromatic heterocycles. The SMILES string of the molecule is CSC(C)=S.[Ar].[Ar].[Ar]. The molecule has 0 aromatic carbocycles. The van der Waals surface area contributed by atoms with Gasteiger partial charge in [-0.05, 0) is 13.2 Å². The number of hydrogen-bond acceptors (Lipinski definition) is 2. The fourth-order valence-electron chi connectivity index (χ4n) is 0. The van der Waals surface area contributed by atoms with Crippen LogP contribution < -0.4 is 0 Å². The van der Waals surface area contributed by atoms with Gasteiger partial charge in [0, 0.05) is 117 Å². The first-order valence-corrected chi connectivity index (χ1v) is 2.95. The van der Waals surface area contributed by atoms with E-state index in [1.54, 1.807) is 11.8 Å². The van der Waals surface area contributed by atoms with Gasteiger partial charge < -0.3 is 0 Å². The molecule has 0 bridgehead atoms. The Labute approximate surface area is 150 Å². The smallest absolute Gasteiger partial charge is 0.0444 e. The topological polar surface area (TPSA) is 0 Å². The Morgan fingerprint density at radius 1 is 1.25 bits per heavy atom. The first-order chi connectivity index (χ1) is 2.27. The second-order valence-electron chi connectivity index (χ2n) is 0.696. The van der Waals surface area contributed by atoms with Crippen molar-refractivity contribution in [3.63, 3.8) is 0 Å². The number of hydrogen-bond donors (Lipinski definition) is 0. The zero-order valence-electron chi connectivity index (χ0n) is 4.38. The molecule has 0 unspecified atom stereocenters. The van der Waals surface area contributed by atoms with Crippen molar-refractivity contribution >= 4 is 28.2 Å². The van der Waals surface area contributed by atoms with Crippen LogP contribution in [0.15, 0.2) is 0 Å². The summed E-state index contributed by atoms with van der Waals surface area (Å²) in [5, 5.41) is 0. The molecule has 54 valence electrons. The van der Waals surface area contributed by atoms with E-state index in [2.05, 4.69) is 12.2 Å². The third-order valence-corrected chi connectivity index (χ3v) is 1.36. The number of thiocarbonyl (C=S) groups is 1. The maximum absolute atomic E-state index is 4.66. The van der Waals surface area contributed by atoms with Crippen molar-refractivity contribution in [2.75, 3.05) is 6.26 Å². The fraction of sp³-hybridized carbons (Fsp3) is 0.667. The standard InChI is InChI=1S/C3H6S2.3Ar/c1-3(4)5-2;;;/h1-2H3;;;. The normalized spacial score (nSPS) is 4.75. The molecule has 0 aliphatic carbocycles. The second kappa shape index (κ2) is 17.3. The van der Waals surface area contributed by atoms with E-state index in [0.717, 1.165) is 4.20 Å². The Kier molecular flexibility index (Phi) is 49.4. The van der Waals surface area contributed by atoms with Gasteiger partial charge in [0.25, 0.3) is 0 Å². The predicted octanol–water partition coefficient (Wildman–Crippen LogP) is 1.70. The molecule has 5 heteroatoms. The average molecular weight is 226 g/mol. The molecular formula is C3H6Ar3S2. The molecular weight excluding hydrogens is 220 g/mol. The van der Waals surface area contributed by atoms with Crippen LogP contribution in [0.5, 0.6) is 0 Å². The van der Waals surface area contributed by atoms with Gasteiger partial charge in [0.2, 0.25) is 0 Å². The van der Waals surface area contributed by atoms with Crippen LogP contribution in [-0.4, -0.2) is 10.5 Å². The third kappa shape index (κ3) is 22.5. The summed E-state index contributed by atoms with van der Waals surface area (Å²) >= 11 is 6.27. The van der Waals surface area contributed by atoms with E-state index >= 15 is 0 Å². The molecule has 0 saturated heterocycles. The van der Waals surface area contributed by atoms with E-state index in [-0.39, 0.29) is 113 Å². The molecule has 0 fully saturated rings. The molecule has 0 radical (unpaired) electrons. The van der Waals surface area contributed by atoms with Crippen LogP contribution in [0.4, 0.5) is 0 Å². The third-order valence-electron chi connectivity index (χ3n) is 0.287. The van der Waals surface area contributed by atoms with Crippen molar-refractivity contribution in [2.24, 2.45) is 0 Å². The molecule has 0 aromatic rings. The summed E-state index contributed by atoms with van der Waals surface area (Å²) in [5.41, 5.74) is 0. The zero-order valence-corrected chi connectivity index (χ0v) is 8.13. The minimum atomic E-state index is 0. The van der Waals surface area contributed by atoms with E-state index in [0.29, 0.717) is 0 Å². The van der Waals surface area contributed by atoms with E-state index in [1.165, 1.54) is 0 Å². The van der Waals surface area contributed by atoms with Crippen molar-refractivity contribution in [1.29, 1.82) is 0 Å². The summed E-state index contributed by atoms with van der Waals surface area (Å²) in [6.45, 7) is 1.92. The van der Waals surface area contributed by atoms with E-state index in [1.807, 2.05) is 13.2 Å². The molecule has 0 aliphatic rings. The van der Waals surface area contributed by atoms with Gasteiger partial charge in [-0.2, -0.15) is 0 Å². The summed E-state index contributed by atoms with van der Waals surface area (Å²) in [6, 6.07) is 0. The van der Waals surface area contributed by atoms with Crippen LogP contribution in [0.25, 0.3) is 0 Å². The predicted molar refractivity (Wildman–Crippen MR) is 31.8 cm³/mol. The van der Waals surface area contributed by atoms with Crippen LogP contribution in [-0.2, 0) is 0 Å². The van der Waals surface area contributed by atoms with Crippen LogP contribution in [0.3, 0.4) is 0 Å². The van der Waals surface area contributed by atoms with Crippen molar-refractivity contribution in [3.8, 4) is 0 Å². The van der Waals surface area contributed by atoms with Crippen LogP contribution in [0.2, 0.25) is 0 Å². The molecule has 0 aliphatic heterocycles. The molecule has 0 amide bonds. The minimum Gasteiger partial charge on any atom is -0.123 e. The van der Waals surface area contributed by atoms with E-state index in [4.69, 9.17) is 0 Å². The summed E-state index contributed by atoms with van der Waals surface area (Å²) in [4.78, 5) is 0. The van der Waals surface area contributed by atoms with Gasteiger partial charge in [-0.25, -0.2) is 0 Å². The molecule has 0 atom stereocenters. The second-order valence-corrected chi connectivity index (χ2v) is 2.59. The van der Waals surface area contributed by atoms with Gasteiger partial charge >= 0.3 is 0 Å². The maximum Gasteiger partial charge on any atom is 0.0444 e. The van der Waals surface area contributed by atoms with Gasteiger partial charge in [0.05, 0.1) is 0 Å². The zero-order chi connectivity index (χ0) is 4.28. The quantitative estimate of drug-likeness (QED) is 0.576. The van der Waals surface area contributed by atoms with Crippen LogP contribution in [0.1, 0.15) is 6.92 Å². The van der Waals surface area contributed by atoms with Crippen molar-refractivity contribution in [1.82, 2.24) is 0 Å². The van der Waals surface area contributed by atoms with Crippen molar-refractivity contribution in [3.05, 3.63) is 0 Å². The summed E-state index contributed by atoms with van der Waals surface area (Å²) in [5.74, 6) is 0. The molecule has 0 nitrogen and oxygen atoms in total. The first kappa shape index (κ1) is 22.8. The van der Waals surface area contributed by atoms with Crippen molar-refractivity contribution < 1.29 is 113 Å². The molecule has 0 spiro atoms. The van der Waals surface area contributed by atoms with Gasteiger partial charge in [0.1, 0.15) is 0 Å². The Morgan fingerprint density at radius 2 is 1.38 bits per heavy atom. The van der Waals surface area contributed by atoms with Gasteiger partial charge in [0.15, 0.2) is 0 Å².